The number of aromatic nitrogens is 2. The van der Waals surface area contributed by atoms with Crippen LogP contribution in [0, 0.1) is 0 Å². The number of hydrogen-bond acceptors (Lipinski definition) is 5. The third-order valence-corrected chi connectivity index (χ3v) is 4.04. The molecule has 0 aliphatic heterocycles. The van der Waals surface area contributed by atoms with Crippen LogP contribution in [-0.2, 0) is 25.9 Å². The van der Waals surface area contributed by atoms with Gasteiger partial charge >= 0.3 is 0 Å². The zero-order valence-corrected chi connectivity index (χ0v) is 15.6. The van der Waals surface area contributed by atoms with Crippen LogP contribution in [-0.4, -0.2) is 28.1 Å². The van der Waals surface area contributed by atoms with Gasteiger partial charge in [-0.2, -0.15) is 4.98 Å². The molecule has 3 aromatic rings. The summed E-state index contributed by atoms with van der Waals surface area (Å²) in [7, 11) is 0. The van der Waals surface area contributed by atoms with Gasteiger partial charge in [-0.3, -0.25) is 4.90 Å². The summed E-state index contributed by atoms with van der Waals surface area (Å²) in [6, 6.07) is 20.7. The predicted octanol–water partition coefficient (Wildman–Crippen LogP) is 3.24. The standard InChI is InChI=1S/C20H24N4O.ClH/c21-13-14-24(15-18-9-5-2-6-10-18)16-20-22-19(23-25-20)12-11-17-7-3-1-4-8-17;/h1-10H,11-16,21H2;1H. The summed E-state index contributed by atoms with van der Waals surface area (Å²) in [4.78, 5) is 6.75. The second-order valence-electron chi connectivity index (χ2n) is 6.07. The summed E-state index contributed by atoms with van der Waals surface area (Å²) in [6.07, 6.45) is 1.69. The zero-order valence-electron chi connectivity index (χ0n) is 14.8. The molecule has 3 rings (SSSR count). The third kappa shape index (κ3) is 6.26. The molecule has 0 fully saturated rings. The van der Waals surface area contributed by atoms with Crippen molar-refractivity contribution < 1.29 is 4.52 Å². The first kappa shape index (κ1) is 20.1. The zero-order chi connectivity index (χ0) is 17.3. The van der Waals surface area contributed by atoms with Crippen molar-refractivity contribution >= 4 is 12.4 Å². The van der Waals surface area contributed by atoms with E-state index in [0.717, 1.165) is 31.8 Å². The van der Waals surface area contributed by atoms with E-state index in [1.165, 1.54) is 11.1 Å². The molecule has 5 nitrogen and oxygen atoms in total. The first-order valence-electron chi connectivity index (χ1n) is 8.65. The highest BCUT2D eigenvalue weighted by Gasteiger charge is 2.12. The van der Waals surface area contributed by atoms with Crippen molar-refractivity contribution in [3.05, 3.63) is 83.5 Å². The van der Waals surface area contributed by atoms with E-state index >= 15 is 0 Å². The van der Waals surface area contributed by atoms with Gasteiger partial charge in [0, 0.05) is 26.1 Å². The van der Waals surface area contributed by atoms with Gasteiger partial charge in [-0.1, -0.05) is 65.8 Å². The fraction of sp³-hybridized carbons (Fsp3) is 0.300. The van der Waals surface area contributed by atoms with Gasteiger partial charge in [0.25, 0.3) is 0 Å². The molecular formula is C20H25ClN4O. The molecule has 0 saturated carbocycles. The van der Waals surface area contributed by atoms with Gasteiger partial charge in [0.1, 0.15) is 0 Å². The van der Waals surface area contributed by atoms with Crippen molar-refractivity contribution in [1.29, 1.82) is 0 Å². The number of hydrogen-bond donors (Lipinski definition) is 1. The highest BCUT2D eigenvalue weighted by Crippen LogP contribution is 2.10. The molecule has 26 heavy (non-hydrogen) atoms. The molecule has 0 bridgehead atoms. The maximum absolute atomic E-state index is 5.75. The van der Waals surface area contributed by atoms with E-state index in [0.29, 0.717) is 19.0 Å². The number of nitrogens with two attached hydrogens (primary N) is 1. The van der Waals surface area contributed by atoms with E-state index in [2.05, 4.69) is 39.3 Å². The highest BCUT2D eigenvalue weighted by molar-refractivity contribution is 5.85. The van der Waals surface area contributed by atoms with Crippen LogP contribution < -0.4 is 5.73 Å². The molecule has 6 heteroatoms. The summed E-state index contributed by atoms with van der Waals surface area (Å²) in [5, 5.41) is 4.11. The van der Waals surface area contributed by atoms with E-state index in [1.54, 1.807) is 0 Å². The second-order valence-corrected chi connectivity index (χ2v) is 6.07. The molecule has 0 spiro atoms. The lowest BCUT2D eigenvalue weighted by Crippen LogP contribution is -2.28. The lowest BCUT2D eigenvalue weighted by Gasteiger charge is -2.19. The Bertz CT molecular complexity index is 749. The minimum atomic E-state index is 0. The fourth-order valence-corrected chi connectivity index (χ4v) is 2.79. The molecule has 0 radical (unpaired) electrons. The number of rotatable bonds is 9. The van der Waals surface area contributed by atoms with Crippen LogP contribution in [0.4, 0.5) is 0 Å². The Kier molecular flexibility index (Phi) is 8.28. The largest absolute Gasteiger partial charge is 0.338 e. The van der Waals surface area contributed by atoms with Gasteiger partial charge in [-0.25, -0.2) is 0 Å². The van der Waals surface area contributed by atoms with Crippen LogP contribution >= 0.6 is 12.4 Å². The van der Waals surface area contributed by atoms with Gasteiger partial charge < -0.3 is 10.3 Å². The average molecular weight is 373 g/mol. The first-order chi connectivity index (χ1) is 12.3. The second kappa shape index (κ2) is 10.7. The summed E-state index contributed by atoms with van der Waals surface area (Å²) in [6.45, 7) is 2.82. The molecule has 1 aromatic heterocycles. The minimum Gasteiger partial charge on any atom is -0.338 e. The van der Waals surface area contributed by atoms with Gasteiger partial charge in [-0.05, 0) is 17.5 Å². The molecule has 0 unspecified atom stereocenters. The quantitative estimate of drug-likeness (QED) is 0.624. The monoisotopic (exact) mass is 372 g/mol. The topological polar surface area (TPSA) is 68.2 Å². The van der Waals surface area contributed by atoms with Crippen LogP contribution in [0.5, 0.6) is 0 Å². The Balaban J connectivity index is 0.00000243. The van der Waals surface area contributed by atoms with Crippen molar-refractivity contribution in [3.8, 4) is 0 Å². The van der Waals surface area contributed by atoms with Gasteiger partial charge in [-0.15, -0.1) is 12.4 Å². The number of benzene rings is 2. The van der Waals surface area contributed by atoms with Crippen LogP contribution in [0.15, 0.2) is 65.2 Å². The predicted molar refractivity (Wildman–Crippen MR) is 105 cm³/mol. The number of aryl methyl sites for hydroxylation is 2. The molecule has 2 N–H and O–H groups in total. The first-order valence-corrected chi connectivity index (χ1v) is 8.65. The van der Waals surface area contributed by atoms with Crippen molar-refractivity contribution in [2.75, 3.05) is 13.1 Å². The van der Waals surface area contributed by atoms with E-state index in [-0.39, 0.29) is 12.4 Å². The van der Waals surface area contributed by atoms with Crippen molar-refractivity contribution in [1.82, 2.24) is 15.0 Å². The Hall–Kier alpha value is -2.21. The number of halogens is 1. The van der Waals surface area contributed by atoms with E-state index < -0.39 is 0 Å². The van der Waals surface area contributed by atoms with Crippen molar-refractivity contribution in [2.24, 2.45) is 5.73 Å². The Morgan fingerprint density at radius 3 is 2.15 bits per heavy atom. The summed E-state index contributed by atoms with van der Waals surface area (Å²) < 4.78 is 5.42. The molecule has 0 aliphatic carbocycles. The van der Waals surface area contributed by atoms with E-state index in [1.807, 2.05) is 36.4 Å². The lowest BCUT2D eigenvalue weighted by atomic mass is 10.1. The number of nitrogens with zero attached hydrogens (tertiary/aromatic N) is 3. The van der Waals surface area contributed by atoms with E-state index in [9.17, 15) is 0 Å². The van der Waals surface area contributed by atoms with Crippen LogP contribution in [0.1, 0.15) is 22.8 Å². The van der Waals surface area contributed by atoms with E-state index in [4.69, 9.17) is 10.3 Å². The molecule has 2 aromatic carbocycles. The third-order valence-electron chi connectivity index (χ3n) is 4.04. The smallest absolute Gasteiger partial charge is 0.240 e. The fourth-order valence-electron chi connectivity index (χ4n) is 2.79. The molecule has 0 amide bonds. The van der Waals surface area contributed by atoms with Gasteiger partial charge in [0.2, 0.25) is 5.89 Å². The molecule has 0 aliphatic rings. The van der Waals surface area contributed by atoms with Gasteiger partial charge in [0.05, 0.1) is 6.54 Å². The van der Waals surface area contributed by atoms with Crippen LogP contribution in [0.2, 0.25) is 0 Å². The summed E-state index contributed by atoms with van der Waals surface area (Å²) >= 11 is 0. The van der Waals surface area contributed by atoms with Crippen LogP contribution in [0.3, 0.4) is 0 Å². The highest BCUT2D eigenvalue weighted by atomic mass is 35.5. The lowest BCUT2D eigenvalue weighted by molar-refractivity contribution is 0.224. The SMILES string of the molecule is Cl.NCCN(Cc1ccccc1)Cc1nc(CCc2ccccc2)no1. The van der Waals surface area contributed by atoms with Crippen molar-refractivity contribution in [2.45, 2.75) is 25.9 Å². The Labute approximate surface area is 160 Å². The summed E-state index contributed by atoms with van der Waals surface area (Å²) in [5.41, 5.74) is 8.28. The Morgan fingerprint density at radius 2 is 1.50 bits per heavy atom. The average Bonchev–Trinajstić information content (AvgIpc) is 3.09. The molecule has 138 valence electrons. The molecule has 0 atom stereocenters. The van der Waals surface area contributed by atoms with Crippen LogP contribution in [0.25, 0.3) is 0 Å². The maximum atomic E-state index is 5.75. The maximum Gasteiger partial charge on any atom is 0.240 e. The molecule has 1 heterocycles. The van der Waals surface area contributed by atoms with Gasteiger partial charge in [0.15, 0.2) is 5.82 Å². The molecular weight excluding hydrogens is 348 g/mol. The minimum absolute atomic E-state index is 0. The Morgan fingerprint density at radius 1 is 0.846 bits per heavy atom. The summed E-state index contributed by atoms with van der Waals surface area (Å²) in [5.74, 6) is 1.40. The normalized spacial score (nSPS) is 10.7. The van der Waals surface area contributed by atoms with Crippen molar-refractivity contribution in [3.63, 3.8) is 0 Å². The molecule has 0 saturated heterocycles.